The molecule has 0 saturated heterocycles. The van der Waals surface area contributed by atoms with Crippen LogP contribution in [0.3, 0.4) is 0 Å². The highest BCUT2D eigenvalue weighted by Crippen LogP contribution is 2.25. The number of rotatable bonds is 4. The topological polar surface area (TPSA) is 81.9 Å². The Balaban J connectivity index is 1.68. The molecular weight excluding hydrogens is 318 g/mol. The highest BCUT2D eigenvalue weighted by atomic mass is 35.5. The fourth-order valence-electron chi connectivity index (χ4n) is 2.72. The summed E-state index contributed by atoms with van der Waals surface area (Å²) in [6, 6.07) is -0.0750. The van der Waals surface area contributed by atoms with Crippen molar-refractivity contribution in [1.82, 2.24) is 25.1 Å². The first-order valence-electron chi connectivity index (χ1n) is 7.48. The molecule has 1 amide bonds. The van der Waals surface area contributed by atoms with Crippen molar-refractivity contribution in [2.45, 2.75) is 38.3 Å². The van der Waals surface area contributed by atoms with Crippen molar-refractivity contribution >= 4 is 17.5 Å². The van der Waals surface area contributed by atoms with Crippen LogP contribution in [0, 0.1) is 6.92 Å². The van der Waals surface area contributed by atoms with Gasteiger partial charge in [0.25, 0.3) is 5.91 Å². The molecule has 1 fully saturated rings. The lowest BCUT2D eigenvalue weighted by molar-refractivity contribution is 0.0888. The summed E-state index contributed by atoms with van der Waals surface area (Å²) >= 11 is 6.02. The van der Waals surface area contributed by atoms with E-state index in [9.17, 15) is 4.79 Å². The van der Waals surface area contributed by atoms with Gasteiger partial charge < -0.3 is 10.1 Å². The molecule has 0 aromatic carbocycles. The molecule has 0 unspecified atom stereocenters. The fraction of sp³-hybridized carbons (Fsp3) is 0.467. The third-order valence-electron chi connectivity index (χ3n) is 3.82. The van der Waals surface area contributed by atoms with E-state index in [1.165, 1.54) is 6.20 Å². The van der Waals surface area contributed by atoms with Crippen molar-refractivity contribution in [2.75, 3.05) is 0 Å². The summed E-state index contributed by atoms with van der Waals surface area (Å²) in [6.07, 6.45) is 7.58. The van der Waals surface area contributed by atoms with Crippen molar-refractivity contribution in [3.05, 3.63) is 35.1 Å². The Kier molecular flexibility index (Phi) is 4.47. The van der Waals surface area contributed by atoms with E-state index in [0.29, 0.717) is 11.6 Å². The van der Waals surface area contributed by atoms with Crippen LogP contribution in [0.1, 0.15) is 35.6 Å². The molecule has 0 aliphatic heterocycles. The van der Waals surface area contributed by atoms with E-state index >= 15 is 0 Å². The second kappa shape index (κ2) is 6.54. The van der Waals surface area contributed by atoms with Gasteiger partial charge in [-0.15, -0.1) is 0 Å². The van der Waals surface area contributed by atoms with Crippen LogP contribution in [0.25, 0.3) is 0 Å². The summed E-state index contributed by atoms with van der Waals surface area (Å²) in [5.74, 6) is 0.913. The maximum atomic E-state index is 12.4. The Morgan fingerprint density at radius 3 is 3.00 bits per heavy atom. The van der Waals surface area contributed by atoms with E-state index in [4.69, 9.17) is 16.3 Å². The first kappa shape index (κ1) is 15.7. The van der Waals surface area contributed by atoms with Gasteiger partial charge in [-0.25, -0.2) is 9.97 Å². The van der Waals surface area contributed by atoms with Crippen molar-refractivity contribution in [1.29, 1.82) is 0 Å². The van der Waals surface area contributed by atoms with Crippen molar-refractivity contribution < 1.29 is 9.53 Å². The Bertz CT molecular complexity index is 718. The molecule has 1 aliphatic carbocycles. The summed E-state index contributed by atoms with van der Waals surface area (Å²) in [7, 11) is 1.83. The minimum absolute atomic E-state index is 0.0750. The molecule has 2 atom stereocenters. The summed E-state index contributed by atoms with van der Waals surface area (Å²) in [4.78, 5) is 20.5. The second-order valence-corrected chi connectivity index (χ2v) is 6.04. The zero-order valence-corrected chi connectivity index (χ0v) is 13.7. The Hall–Kier alpha value is -2.15. The summed E-state index contributed by atoms with van der Waals surface area (Å²) < 4.78 is 7.62. The number of halogens is 1. The number of ether oxygens (including phenoxy) is 1. The number of carbonyl (C=O) groups is 1. The van der Waals surface area contributed by atoms with Crippen LogP contribution in [0.4, 0.5) is 0 Å². The lowest BCUT2D eigenvalue weighted by atomic mass is 10.2. The summed E-state index contributed by atoms with van der Waals surface area (Å²) in [5, 5.41) is 7.30. The zero-order chi connectivity index (χ0) is 16.4. The van der Waals surface area contributed by atoms with E-state index in [-0.39, 0.29) is 28.8 Å². The molecule has 3 rings (SSSR count). The number of aromatic nitrogens is 4. The number of hydrogen-bond acceptors (Lipinski definition) is 5. The highest BCUT2D eigenvalue weighted by Gasteiger charge is 2.31. The molecular formula is C15H18ClN5O2. The number of aryl methyl sites for hydroxylation is 2. The van der Waals surface area contributed by atoms with Gasteiger partial charge in [-0.05, 0) is 26.2 Å². The second-order valence-electron chi connectivity index (χ2n) is 5.63. The average Bonchev–Trinajstić information content (AvgIpc) is 3.11. The van der Waals surface area contributed by atoms with E-state index in [2.05, 4.69) is 20.4 Å². The number of nitrogens with one attached hydrogen (secondary N) is 1. The van der Waals surface area contributed by atoms with Crippen LogP contribution in [0.15, 0.2) is 18.6 Å². The third-order valence-corrected chi connectivity index (χ3v) is 4.09. The molecule has 2 aromatic heterocycles. The van der Waals surface area contributed by atoms with Crippen LogP contribution in [-0.2, 0) is 7.05 Å². The zero-order valence-electron chi connectivity index (χ0n) is 13.0. The number of carbonyl (C=O) groups excluding carboxylic acids is 1. The molecule has 0 radical (unpaired) electrons. The molecule has 7 nitrogen and oxygen atoms in total. The normalized spacial score (nSPS) is 20.5. The van der Waals surface area contributed by atoms with Crippen LogP contribution < -0.4 is 10.1 Å². The minimum Gasteiger partial charge on any atom is -0.485 e. The van der Waals surface area contributed by atoms with Gasteiger partial charge in [-0.2, -0.15) is 5.10 Å². The molecule has 1 N–H and O–H groups in total. The first-order chi connectivity index (χ1) is 11.0. The fourth-order valence-corrected chi connectivity index (χ4v) is 2.89. The predicted molar refractivity (Wildman–Crippen MR) is 84.5 cm³/mol. The summed E-state index contributed by atoms with van der Waals surface area (Å²) in [5.41, 5.74) is 0.200. The standard InChI is InChI=1S/C15H18ClN5O2/c1-9-17-7-11(16)14(19-9)15(22)20-12-4-3-5-13(12)23-10-6-18-21(2)8-10/h6-8,12-13H,3-5H2,1-2H3,(H,20,22)/t12-,13+/m0/s1. The molecule has 0 bridgehead atoms. The molecule has 122 valence electrons. The van der Waals surface area contributed by atoms with Crippen LogP contribution in [0.2, 0.25) is 5.02 Å². The Labute approximate surface area is 139 Å². The first-order valence-corrected chi connectivity index (χ1v) is 7.86. The van der Waals surface area contributed by atoms with Gasteiger partial charge in [-0.3, -0.25) is 9.48 Å². The molecule has 0 spiro atoms. The predicted octanol–water partition coefficient (Wildman–Crippen LogP) is 1.90. The van der Waals surface area contributed by atoms with Gasteiger partial charge in [0.2, 0.25) is 0 Å². The minimum atomic E-state index is -0.299. The molecule has 23 heavy (non-hydrogen) atoms. The van der Waals surface area contributed by atoms with Crippen LogP contribution >= 0.6 is 11.6 Å². The molecule has 8 heteroatoms. The van der Waals surface area contributed by atoms with Gasteiger partial charge in [0, 0.05) is 7.05 Å². The van der Waals surface area contributed by atoms with Crippen LogP contribution in [0.5, 0.6) is 5.75 Å². The van der Waals surface area contributed by atoms with Gasteiger partial charge in [-0.1, -0.05) is 11.6 Å². The van der Waals surface area contributed by atoms with Crippen molar-refractivity contribution in [3.8, 4) is 5.75 Å². The molecule has 1 saturated carbocycles. The quantitative estimate of drug-likeness (QED) is 0.922. The van der Waals surface area contributed by atoms with E-state index < -0.39 is 0 Å². The maximum Gasteiger partial charge on any atom is 0.271 e. The largest absolute Gasteiger partial charge is 0.485 e. The number of hydrogen-bond donors (Lipinski definition) is 1. The summed E-state index contributed by atoms with van der Waals surface area (Å²) in [6.45, 7) is 1.72. The molecule has 1 aliphatic rings. The third kappa shape index (κ3) is 3.61. The molecule has 2 heterocycles. The van der Waals surface area contributed by atoms with Crippen LogP contribution in [-0.4, -0.2) is 37.8 Å². The van der Waals surface area contributed by atoms with Gasteiger partial charge >= 0.3 is 0 Å². The number of amides is 1. The lowest BCUT2D eigenvalue weighted by Gasteiger charge is -2.21. The monoisotopic (exact) mass is 335 g/mol. The average molecular weight is 336 g/mol. The number of nitrogens with zero attached hydrogens (tertiary/aromatic N) is 4. The maximum absolute atomic E-state index is 12.4. The van der Waals surface area contributed by atoms with E-state index in [0.717, 1.165) is 19.3 Å². The van der Waals surface area contributed by atoms with Crippen molar-refractivity contribution in [2.24, 2.45) is 7.05 Å². The Morgan fingerprint density at radius 1 is 1.43 bits per heavy atom. The van der Waals surface area contributed by atoms with Gasteiger partial charge in [0.1, 0.15) is 17.6 Å². The van der Waals surface area contributed by atoms with Gasteiger partial charge in [0.15, 0.2) is 5.75 Å². The van der Waals surface area contributed by atoms with Gasteiger partial charge in [0.05, 0.1) is 29.7 Å². The Morgan fingerprint density at radius 2 is 2.26 bits per heavy atom. The lowest BCUT2D eigenvalue weighted by Crippen LogP contribution is -2.42. The van der Waals surface area contributed by atoms with E-state index in [1.54, 1.807) is 17.8 Å². The molecule has 2 aromatic rings. The smallest absolute Gasteiger partial charge is 0.271 e. The van der Waals surface area contributed by atoms with Crippen molar-refractivity contribution in [3.63, 3.8) is 0 Å². The SMILES string of the molecule is Cc1ncc(Cl)c(C(=O)N[C@H]2CCC[C@H]2Oc2cnn(C)c2)n1. The highest BCUT2D eigenvalue weighted by molar-refractivity contribution is 6.33. The van der Waals surface area contributed by atoms with E-state index in [1.807, 2.05) is 13.2 Å².